The average Bonchev–Trinajstić information content (AvgIpc) is 2.71. The Morgan fingerprint density at radius 3 is 3.15 bits per heavy atom. The summed E-state index contributed by atoms with van der Waals surface area (Å²) in [6, 6.07) is 4.32. The van der Waals surface area contributed by atoms with Crippen LogP contribution in [0, 0.1) is 17.2 Å². The van der Waals surface area contributed by atoms with Crippen molar-refractivity contribution >= 4 is 27.3 Å². The summed E-state index contributed by atoms with van der Waals surface area (Å²) in [4.78, 5) is 1.15. The number of thiophene rings is 1. The number of ether oxygens (including phenoxy) is 1. The van der Waals surface area contributed by atoms with Crippen LogP contribution in [0.3, 0.4) is 0 Å². The molecule has 1 aromatic heterocycles. The maximum absolute atomic E-state index is 8.87. The van der Waals surface area contributed by atoms with Gasteiger partial charge >= 0.3 is 0 Å². The summed E-state index contributed by atoms with van der Waals surface area (Å²) in [5.41, 5.74) is 0. The van der Waals surface area contributed by atoms with Gasteiger partial charge in [-0.3, -0.25) is 0 Å². The van der Waals surface area contributed by atoms with Gasteiger partial charge in [-0.2, -0.15) is 5.26 Å². The number of nitrogens with zero attached hydrogens (tertiary/aromatic N) is 1. The molecule has 1 fully saturated rings. The van der Waals surface area contributed by atoms with Gasteiger partial charge in [0.2, 0.25) is 0 Å². The molecule has 13 heavy (non-hydrogen) atoms. The first kappa shape index (κ1) is 9.20. The second kappa shape index (κ2) is 3.79. The van der Waals surface area contributed by atoms with E-state index >= 15 is 0 Å². The third kappa shape index (κ3) is 1.78. The van der Waals surface area contributed by atoms with Crippen molar-refractivity contribution in [2.24, 2.45) is 5.92 Å². The van der Waals surface area contributed by atoms with Crippen LogP contribution < -0.4 is 0 Å². The van der Waals surface area contributed by atoms with Crippen molar-refractivity contribution in [3.8, 4) is 6.07 Å². The minimum atomic E-state index is 0.00120. The molecule has 0 N–H and O–H groups in total. The SMILES string of the molecule is N#C[C@H]1CCO[C@@H]1c1cc(Br)cs1. The maximum atomic E-state index is 8.87. The monoisotopic (exact) mass is 257 g/mol. The smallest absolute Gasteiger partial charge is 0.108 e. The molecule has 0 aromatic carbocycles. The number of halogens is 1. The first-order valence-electron chi connectivity index (χ1n) is 4.06. The van der Waals surface area contributed by atoms with Gasteiger partial charge in [0, 0.05) is 21.3 Å². The van der Waals surface area contributed by atoms with Crippen LogP contribution in [0.15, 0.2) is 15.9 Å². The zero-order valence-corrected chi connectivity index (χ0v) is 9.27. The van der Waals surface area contributed by atoms with E-state index in [-0.39, 0.29) is 12.0 Å². The Labute approximate surface area is 89.3 Å². The fourth-order valence-electron chi connectivity index (χ4n) is 1.48. The van der Waals surface area contributed by atoms with Crippen molar-refractivity contribution in [1.82, 2.24) is 0 Å². The Kier molecular flexibility index (Phi) is 2.68. The zero-order chi connectivity index (χ0) is 9.26. The molecule has 4 heteroatoms. The second-order valence-corrected chi connectivity index (χ2v) is 4.84. The minimum Gasteiger partial charge on any atom is -0.371 e. The lowest BCUT2D eigenvalue weighted by Crippen LogP contribution is -2.02. The van der Waals surface area contributed by atoms with Crippen molar-refractivity contribution in [2.75, 3.05) is 6.61 Å². The number of hydrogen-bond acceptors (Lipinski definition) is 3. The molecule has 0 bridgehead atoms. The molecule has 68 valence electrons. The van der Waals surface area contributed by atoms with Gasteiger partial charge in [-0.15, -0.1) is 11.3 Å². The van der Waals surface area contributed by atoms with Gasteiger partial charge in [-0.05, 0) is 28.4 Å². The van der Waals surface area contributed by atoms with Gasteiger partial charge in [0.05, 0.1) is 12.0 Å². The Morgan fingerprint density at radius 2 is 2.54 bits per heavy atom. The molecule has 0 unspecified atom stereocenters. The lowest BCUT2D eigenvalue weighted by atomic mass is 10.0. The van der Waals surface area contributed by atoms with E-state index < -0.39 is 0 Å². The normalized spacial score (nSPS) is 27.4. The molecule has 0 radical (unpaired) electrons. The number of hydrogen-bond donors (Lipinski definition) is 0. The fraction of sp³-hybridized carbons (Fsp3) is 0.444. The quantitative estimate of drug-likeness (QED) is 0.775. The van der Waals surface area contributed by atoms with Crippen LogP contribution in [0.1, 0.15) is 17.4 Å². The average molecular weight is 258 g/mol. The summed E-state index contributed by atoms with van der Waals surface area (Å²) in [6.07, 6.45) is 0.859. The molecule has 0 spiro atoms. The summed E-state index contributed by atoms with van der Waals surface area (Å²) in [7, 11) is 0. The Balaban J connectivity index is 2.21. The van der Waals surface area contributed by atoms with Crippen molar-refractivity contribution in [3.05, 3.63) is 20.8 Å². The summed E-state index contributed by atoms with van der Waals surface area (Å²) in [5.74, 6) is 0.0329. The van der Waals surface area contributed by atoms with Gasteiger partial charge in [-0.25, -0.2) is 0 Å². The minimum absolute atomic E-state index is 0.00120. The van der Waals surface area contributed by atoms with Crippen LogP contribution >= 0.6 is 27.3 Å². The Morgan fingerprint density at radius 1 is 1.69 bits per heavy atom. The summed E-state index contributed by atoms with van der Waals surface area (Å²) < 4.78 is 6.59. The molecular formula is C9H8BrNOS. The van der Waals surface area contributed by atoms with Crippen molar-refractivity contribution in [2.45, 2.75) is 12.5 Å². The number of nitriles is 1. The van der Waals surface area contributed by atoms with Crippen LogP contribution in [0.2, 0.25) is 0 Å². The molecule has 1 aliphatic heterocycles. The van der Waals surface area contributed by atoms with Gasteiger partial charge in [0.15, 0.2) is 0 Å². The van der Waals surface area contributed by atoms with Crippen molar-refractivity contribution < 1.29 is 4.74 Å². The van der Waals surface area contributed by atoms with Gasteiger partial charge in [0.1, 0.15) is 6.10 Å². The van der Waals surface area contributed by atoms with Crippen molar-refractivity contribution in [3.63, 3.8) is 0 Å². The van der Waals surface area contributed by atoms with E-state index in [1.54, 1.807) is 11.3 Å². The van der Waals surface area contributed by atoms with Gasteiger partial charge in [-0.1, -0.05) is 0 Å². The van der Waals surface area contributed by atoms with Crippen LogP contribution in [-0.4, -0.2) is 6.61 Å². The Bertz CT molecular complexity index is 344. The second-order valence-electron chi connectivity index (χ2n) is 2.98. The summed E-state index contributed by atoms with van der Waals surface area (Å²) in [6.45, 7) is 0.707. The van der Waals surface area contributed by atoms with E-state index in [9.17, 15) is 0 Å². The first-order chi connectivity index (χ1) is 6.31. The highest BCUT2D eigenvalue weighted by Gasteiger charge is 2.30. The molecular weight excluding hydrogens is 250 g/mol. The summed E-state index contributed by atoms with van der Waals surface area (Å²) >= 11 is 5.04. The highest BCUT2D eigenvalue weighted by molar-refractivity contribution is 9.10. The van der Waals surface area contributed by atoms with E-state index in [1.807, 2.05) is 11.4 Å². The third-order valence-electron chi connectivity index (χ3n) is 2.13. The van der Waals surface area contributed by atoms with E-state index in [4.69, 9.17) is 10.00 Å². The largest absolute Gasteiger partial charge is 0.371 e. The van der Waals surface area contributed by atoms with E-state index in [2.05, 4.69) is 22.0 Å². The first-order valence-corrected chi connectivity index (χ1v) is 5.73. The molecule has 1 aliphatic rings. The van der Waals surface area contributed by atoms with Gasteiger partial charge in [0.25, 0.3) is 0 Å². The van der Waals surface area contributed by atoms with E-state index in [0.29, 0.717) is 6.61 Å². The lowest BCUT2D eigenvalue weighted by Gasteiger charge is -2.09. The molecule has 2 atom stereocenters. The lowest BCUT2D eigenvalue weighted by molar-refractivity contribution is 0.103. The molecule has 0 saturated carbocycles. The molecule has 2 nitrogen and oxygen atoms in total. The van der Waals surface area contributed by atoms with E-state index in [1.165, 1.54) is 0 Å². The molecule has 1 saturated heterocycles. The highest BCUT2D eigenvalue weighted by Crippen LogP contribution is 2.38. The standard InChI is InChI=1S/C9H8BrNOS/c10-7-3-8(13-5-7)9-6(4-11)1-2-12-9/h3,5-6,9H,1-2H2/t6-,9+/m1/s1. The summed E-state index contributed by atoms with van der Waals surface area (Å²) in [5, 5.41) is 10.9. The number of rotatable bonds is 1. The van der Waals surface area contributed by atoms with Crippen molar-refractivity contribution in [1.29, 1.82) is 5.26 Å². The molecule has 2 heterocycles. The van der Waals surface area contributed by atoms with Crippen LogP contribution in [0.5, 0.6) is 0 Å². The third-order valence-corrected chi connectivity index (χ3v) is 3.88. The molecule has 2 rings (SSSR count). The van der Waals surface area contributed by atoms with E-state index in [0.717, 1.165) is 15.8 Å². The Hall–Kier alpha value is -0.370. The van der Waals surface area contributed by atoms with Crippen LogP contribution in [-0.2, 0) is 4.74 Å². The highest BCUT2D eigenvalue weighted by atomic mass is 79.9. The molecule has 0 aliphatic carbocycles. The molecule has 1 aromatic rings. The topological polar surface area (TPSA) is 33.0 Å². The predicted molar refractivity (Wildman–Crippen MR) is 54.4 cm³/mol. The molecule has 0 amide bonds. The van der Waals surface area contributed by atoms with Gasteiger partial charge < -0.3 is 4.74 Å². The van der Waals surface area contributed by atoms with Crippen LogP contribution in [0.4, 0.5) is 0 Å². The van der Waals surface area contributed by atoms with Crippen LogP contribution in [0.25, 0.3) is 0 Å². The fourth-order valence-corrected chi connectivity index (χ4v) is 3.04. The zero-order valence-electron chi connectivity index (χ0n) is 6.87. The maximum Gasteiger partial charge on any atom is 0.108 e. The predicted octanol–water partition coefficient (Wildman–Crippen LogP) is 3.11.